The number of aryl methyl sites for hydroxylation is 1. The number of thiophene rings is 1. The Labute approximate surface area is 128 Å². The van der Waals surface area contributed by atoms with E-state index in [1.807, 2.05) is 12.1 Å². The lowest BCUT2D eigenvalue weighted by Crippen LogP contribution is -2.15. The number of anilines is 1. The Morgan fingerprint density at radius 2 is 2.15 bits per heavy atom. The van der Waals surface area contributed by atoms with Gasteiger partial charge >= 0.3 is 0 Å². The molecule has 1 aliphatic rings. The summed E-state index contributed by atoms with van der Waals surface area (Å²) in [4.78, 5) is 1.42. The molecule has 0 fully saturated rings. The molecule has 3 rings (SSSR count). The number of fused-ring (bicyclic) bond motifs is 1. The molecule has 1 heterocycles. The van der Waals surface area contributed by atoms with Gasteiger partial charge in [0.1, 0.15) is 0 Å². The van der Waals surface area contributed by atoms with Gasteiger partial charge in [0.2, 0.25) is 0 Å². The maximum atomic E-state index is 8.68. The zero-order valence-electron chi connectivity index (χ0n) is 11.0. The molecular weight excluding hydrogens is 288 g/mol. The lowest BCUT2D eigenvalue weighted by molar-refractivity contribution is 0.609. The number of hydrogen-bond donors (Lipinski definition) is 1. The summed E-state index contributed by atoms with van der Waals surface area (Å²) in [7, 11) is 0. The Morgan fingerprint density at radius 1 is 1.35 bits per heavy atom. The van der Waals surface area contributed by atoms with Crippen LogP contribution in [0.5, 0.6) is 0 Å². The lowest BCUT2D eigenvalue weighted by atomic mass is 9.94. The summed E-state index contributed by atoms with van der Waals surface area (Å²) in [5, 5.41) is 12.3. The Hall–Kier alpha value is -1.50. The van der Waals surface area contributed by atoms with Crippen LogP contribution in [0.4, 0.5) is 5.69 Å². The maximum absolute atomic E-state index is 8.68. The van der Waals surface area contributed by atoms with Crippen LogP contribution in [-0.2, 0) is 12.8 Å². The highest BCUT2D eigenvalue weighted by atomic mass is 35.5. The highest BCUT2D eigenvalue weighted by Gasteiger charge is 2.22. The van der Waals surface area contributed by atoms with Crippen molar-refractivity contribution < 1.29 is 0 Å². The molecule has 0 amide bonds. The van der Waals surface area contributed by atoms with E-state index in [1.165, 1.54) is 16.9 Å². The van der Waals surface area contributed by atoms with E-state index in [0.29, 0.717) is 12.5 Å². The third-order valence-corrected chi connectivity index (χ3v) is 5.00. The zero-order chi connectivity index (χ0) is 13.9. The van der Waals surface area contributed by atoms with E-state index in [2.05, 4.69) is 29.6 Å². The van der Waals surface area contributed by atoms with Gasteiger partial charge in [-0.1, -0.05) is 23.7 Å². The minimum absolute atomic E-state index is 0.351. The van der Waals surface area contributed by atoms with Crippen LogP contribution in [0.3, 0.4) is 0 Å². The molecule has 0 aliphatic heterocycles. The molecule has 1 aromatic heterocycles. The van der Waals surface area contributed by atoms with E-state index in [-0.39, 0.29) is 0 Å². The molecule has 1 atom stereocenters. The number of nitrogens with zero attached hydrogens (tertiary/aromatic N) is 1. The standard InChI is InChI=1S/C16H15ClN2S/c17-16-10-13-14(2-1-3-15(13)20-16)19-12-6-4-11(5-7-12)8-9-18/h4-7,10,14,19H,1-3,8H2. The number of nitriles is 1. The summed E-state index contributed by atoms with van der Waals surface area (Å²) in [5.41, 5.74) is 3.51. The first-order valence-electron chi connectivity index (χ1n) is 6.77. The van der Waals surface area contributed by atoms with Crippen LogP contribution >= 0.6 is 22.9 Å². The predicted octanol–water partition coefficient (Wildman–Crippen LogP) is 4.96. The van der Waals surface area contributed by atoms with Crippen LogP contribution < -0.4 is 5.32 Å². The van der Waals surface area contributed by atoms with Gasteiger partial charge in [-0.05, 0) is 48.6 Å². The SMILES string of the molecule is N#CCc1ccc(NC2CCCc3sc(Cl)cc32)cc1. The predicted molar refractivity (Wildman–Crippen MR) is 84.4 cm³/mol. The number of hydrogen-bond acceptors (Lipinski definition) is 3. The van der Waals surface area contributed by atoms with Crippen molar-refractivity contribution in [2.75, 3.05) is 5.32 Å². The van der Waals surface area contributed by atoms with Gasteiger partial charge in [0, 0.05) is 10.6 Å². The van der Waals surface area contributed by atoms with E-state index >= 15 is 0 Å². The van der Waals surface area contributed by atoms with Gasteiger partial charge < -0.3 is 5.32 Å². The second-order valence-corrected chi connectivity index (χ2v) is 6.82. The number of benzene rings is 1. The van der Waals surface area contributed by atoms with Gasteiger partial charge in [-0.15, -0.1) is 11.3 Å². The van der Waals surface area contributed by atoms with Gasteiger partial charge in [0.15, 0.2) is 0 Å². The first-order valence-corrected chi connectivity index (χ1v) is 7.96. The van der Waals surface area contributed by atoms with E-state index < -0.39 is 0 Å². The fourth-order valence-corrected chi connectivity index (χ4v) is 4.07. The molecule has 0 radical (unpaired) electrons. The van der Waals surface area contributed by atoms with Crippen molar-refractivity contribution in [3.63, 3.8) is 0 Å². The summed E-state index contributed by atoms with van der Waals surface area (Å²) in [6, 6.07) is 12.7. The average Bonchev–Trinajstić information content (AvgIpc) is 2.83. The largest absolute Gasteiger partial charge is 0.378 e. The Kier molecular flexibility index (Phi) is 3.95. The van der Waals surface area contributed by atoms with Crippen LogP contribution in [0, 0.1) is 11.3 Å². The van der Waals surface area contributed by atoms with Crippen molar-refractivity contribution in [1.82, 2.24) is 0 Å². The Bertz CT molecular complexity index is 639. The average molecular weight is 303 g/mol. The molecule has 0 bridgehead atoms. The molecule has 102 valence electrons. The summed E-state index contributed by atoms with van der Waals surface area (Å²) < 4.78 is 0.882. The van der Waals surface area contributed by atoms with Crippen molar-refractivity contribution >= 4 is 28.6 Å². The van der Waals surface area contributed by atoms with Crippen molar-refractivity contribution in [2.45, 2.75) is 31.7 Å². The Morgan fingerprint density at radius 3 is 2.90 bits per heavy atom. The summed E-state index contributed by atoms with van der Waals surface area (Å²) >= 11 is 7.84. The minimum atomic E-state index is 0.351. The van der Waals surface area contributed by atoms with Gasteiger partial charge in [-0.25, -0.2) is 0 Å². The molecule has 1 aliphatic carbocycles. The van der Waals surface area contributed by atoms with Crippen LogP contribution in [0.15, 0.2) is 30.3 Å². The van der Waals surface area contributed by atoms with Gasteiger partial charge in [-0.2, -0.15) is 5.26 Å². The van der Waals surface area contributed by atoms with Crippen LogP contribution in [0.25, 0.3) is 0 Å². The van der Waals surface area contributed by atoms with Crippen molar-refractivity contribution in [3.05, 3.63) is 50.7 Å². The number of nitrogens with one attached hydrogen (secondary N) is 1. The van der Waals surface area contributed by atoms with Gasteiger partial charge in [0.25, 0.3) is 0 Å². The molecule has 4 heteroatoms. The smallest absolute Gasteiger partial charge is 0.0934 e. The molecule has 0 saturated carbocycles. The first kappa shape index (κ1) is 13.5. The third-order valence-electron chi connectivity index (χ3n) is 3.66. The highest BCUT2D eigenvalue weighted by molar-refractivity contribution is 7.16. The van der Waals surface area contributed by atoms with Crippen LogP contribution in [0.2, 0.25) is 4.34 Å². The summed E-state index contributed by atoms with van der Waals surface area (Å²) in [6.45, 7) is 0. The monoisotopic (exact) mass is 302 g/mol. The molecule has 1 aromatic carbocycles. The number of rotatable bonds is 3. The normalized spacial score (nSPS) is 17.3. The van der Waals surface area contributed by atoms with E-state index in [1.54, 1.807) is 11.3 Å². The van der Waals surface area contributed by atoms with Crippen LogP contribution in [0.1, 0.15) is 34.9 Å². The summed E-state index contributed by atoms with van der Waals surface area (Å²) in [5.74, 6) is 0. The molecule has 2 aromatic rings. The minimum Gasteiger partial charge on any atom is -0.378 e. The van der Waals surface area contributed by atoms with Crippen LogP contribution in [-0.4, -0.2) is 0 Å². The van der Waals surface area contributed by atoms with Crippen molar-refractivity contribution in [1.29, 1.82) is 5.26 Å². The molecule has 0 spiro atoms. The van der Waals surface area contributed by atoms with E-state index in [9.17, 15) is 0 Å². The van der Waals surface area contributed by atoms with E-state index in [0.717, 1.165) is 28.4 Å². The molecule has 1 unspecified atom stereocenters. The molecule has 2 nitrogen and oxygen atoms in total. The second kappa shape index (κ2) is 5.87. The van der Waals surface area contributed by atoms with Crippen molar-refractivity contribution in [3.8, 4) is 6.07 Å². The lowest BCUT2D eigenvalue weighted by Gasteiger charge is -2.24. The molecular formula is C16H15ClN2S. The molecule has 20 heavy (non-hydrogen) atoms. The zero-order valence-corrected chi connectivity index (χ0v) is 12.6. The second-order valence-electron chi connectivity index (χ2n) is 5.05. The third kappa shape index (κ3) is 2.82. The van der Waals surface area contributed by atoms with Gasteiger partial charge in [-0.3, -0.25) is 0 Å². The van der Waals surface area contributed by atoms with Crippen molar-refractivity contribution in [2.24, 2.45) is 0 Å². The summed E-state index contributed by atoms with van der Waals surface area (Å²) in [6.07, 6.45) is 3.95. The molecule has 1 N–H and O–H groups in total. The quantitative estimate of drug-likeness (QED) is 0.870. The van der Waals surface area contributed by atoms with Gasteiger partial charge in [0.05, 0.1) is 22.9 Å². The molecule has 0 saturated heterocycles. The van der Waals surface area contributed by atoms with E-state index in [4.69, 9.17) is 16.9 Å². The number of halogens is 1. The topological polar surface area (TPSA) is 35.8 Å². The Balaban J connectivity index is 1.77. The fourth-order valence-electron chi connectivity index (χ4n) is 2.68. The first-order chi connectivity index (χ1) is 9.76. The highest BCUT2D eigenvalue weighted by Crippen LogP contribution is 2.39. The fraction of sp³-hybridized carbons (Fsp3) is 0.312. The maximum Gasteiger partial charge on any atom is 0.0934 e.